The van der Waals surface area contributed by atoms with Crippen LogP contribution in [0.3, 0.4) is 0 Å². The first-order valence-electron chi connectivity index (χ1n) is 6.88. The Kier molecular flexibility index (Phi) is 6.03. The number of nitrogens with zero attached hydrogens (tertiary/aromatic N) is 1. The predicted molar refractivity (Wildman–Crippen MR) is 79.2 cm³/mol. The first kappa shape index (κ1) is 16.0. The van der Waals surface area contributed by atoms with E-state index in [0.29, 0.717) is 5.56 Å². The molecule has 0 saturated carbocycles. The van der Waals surface area contributed by atoms with E-state index in [2.05, 4.69) is 24.1 Å². The lowest BCUT2D eigenvalue weighted by Crippen LogP contribution is -2.38. The number of carbonyl (C=O) groups is 2. The molecule has 0 spiro atoms. The van der Waals surface area contributed by atoms with Crippen molar-refractivity contribution in [3.05, 3.63) is 29.8 Å². The van der Waals surface area contributed by atoms with Crippen molar-refractivity contribution >= 4 is 17.6 Å². The summed E-state index contributed by atoms with van der Waals surface area (Å²) in [6, 6.07) is 6.32. The summed E-state index contributed by atoms with van der Waals surface area (Å²) >= 11 is 0. The summed E-state index contributed by atoms with van der Waals surface area (Å²) < 4.78 is 0. The van der Waals surface area contributed by atoms with E-state index in [1.165, 1.54) is 6.92 Å². The smallest absolute Gasteiger partial charge is 0.325 e. The minimum absolute atomic E-state index is 0.370. The van der Waals surface area contributed by atoms with E-state index in [4.69, 9.17) is 5.11 Å². The number of hydrogen-bond donors (Lipinski definition) is 2. The zero-order chi connectivity index (χ0) is 15.1. The molecule has 5 heteroatoms. The highest BCUT2D eigenvalue weighted by atomic mass is 16.4. The Labute approximate surface area is 119 Å². The molecule has 1 unspecified atom stereocenters. The highest BCUT2D eigenvalue weighted by molar-refractivity contribution is 5.96. The quantitative estimate of drug-likeness (QED) is 0.801. The number of hydrogen-bond acceptors (Lipinski definition) is 3. The molecule has 1 aromatic rings. The zero-order valence-corrected chi connectivity index (χ0v) is 12.2. The van der Waals surface area contributed by atoms with Crippen LogP contribution in [0.1, 0.15) is 37.6 Å². The predicted octanol–water partition coefficient (Wildman–Crippen LogP) is 2.13. The highest BCUT2D eigenvalue weighted by Gasteiger charge is 2.15. The molecule has 20 heavy (non-hydrogen) atoms. The summed E-state index contributed by atoms with van der Waals surface area (Å²) in [7, 11) is 0. The normalized spacial score (nSPS) is 11.8. The molecule has 0 heterocycles. The van der Waals surface area contributed by atoms with Crippen LogP contribution in [-0.4, -0.2) is 36.1 Å². The van der Waals surface area contributed by atoms with Crippen molar-refractivity contribution in [2.24, 2.45) is 0 Å². The Bertz CT molecular complexity index is 457. The maximum atomic E-state index is 11.8. The summed E-state index contributed by atoms with van der Waals surface area (Å²) in [6.07, 6.45) is 1.06. The molecule has 0 bridgehead atoms. The molecule has 1 amide bonds. The Morgan fingerprint density at radius 1 is 1.25 bits per heavy atom. The van der Waals surface area contributed by atoms with Crippen molar-refractivity contribution in [2.45, 2.75) is 33.2 Å². The van der Waals surface area contributed by atoms with Crippen LogP contribution >= 0.6 is 0 Å². The zero-order valence-electron chi connectivity index (χ0n) is 12.2. The van der Waals surface area contributed by atoms with Gasteiger partial charge in [0.1, 0.15) is 6.04 Å². The van der Waals surface area contributed by atoms with Crippen molar-refractivity contribution in [1.29, 1.82) is 0 Å². The van der Waals surface area contributed by atoms with Crippen molar-refractivity contribution in [3.63, 3.8) is 0 Å². The third-order valence-electron chi connectivity index (χ3n) is 3.09. The maximum absolute atomic E-state index is 11.8. The summed E-state index contributed by atoms with van der Waals surface area (Å²) in [5.74, 6) is -1.42. The van der Waals surface area contributed by atoms with E-state index in [1.807, 2.05) is 12.1 Å². The number of carboxylic acid groups (broad SMARTS) is 1. The lowest BCUT2D eigenvalue weighted by Gasteiger charge is -2.22. The van der Waals surface area contributed by atoms with Crippen LogP contribution in [-0.2, 0) is 4.79 Å². The first-order chi connectivity index (χ1) is 9.49. The van der Waals surface area contributed by atoms with Gasteiger partial charge in [0.25, 0.3) is 5.91 Å². The number of rotatable bonds is 7. The first-order valence-corrected chi connectivity index (χ1v) is 6.88. The number of carbonyl (C=O) groups excluding carboxylic acids is 1. The highest BCUT2D eigenvalue weighted by Crippen LogP contribution is 2.15. The molecule has 1 atom stereocenters. The summed E-state index contributed by atoms with van der Waals surface area (Å²) in [5.41, 5.74) is 1.53. The minimum Gasteiger partial charge on any atom is -0.480 e. The molecular formula is C15H22N2O3. The van der Waals surface area contributed by atoms with Gasteiger partial charge in [-0.1, -0.05) is 6.92 Å². The molecule has 0 saturated heterocycles. The number of benzene rings is 1. The van der Waals surface area contributed by atoms with Gasteiger partial charge in [-0.05, 0) is 44.5 Å². The molecule has 0 aliphatic rings. The molecule has 5 nitrogen and oxygen atoms in total. The van der Waals surface area contributed by atoms with Crippen LogP contribution in [0.4, 0.5) is 5.69 Å². The Balaban J connectivity index is 2.75. The van der Waals surface area contributed by atoms with Crippen LogP contribution < -0.4 is 10.2 Å². The summed E-state index contributed by atoms with van der Waals surface area (Å²) in [6.45, 7) is 7.53. The van der Waals surface area contributed by atoms with Gasteiger partial charge in [-0.25, -0.2) is 0 Å². The molecule has 0 aromatic heterocycles. The van der Waals surface area contributed by atoms with Gasteiger partial charge in [0, 0.05) is 24.3 Å². The van der Waals surface area contributed by atoms with Gasteiger partial charge in [-0.3, -0.25) is 9.59 Å². The molecule has 110 valence electrons. The van der Waals surface area contributed by atoms with E-state index >= 15 is 0 Å². The molecule has 1 rings (SSSR count). The average molecular weight is 278 g/mol. The maximum Gasteiger partial charge on any atom is 0.325 e. The number of anilines is 1. The van der Waals surface area contributed by atoms with E-state index in [-0.39, 0.29) is 5.91 Å². The van der Waals surface area contributed by atoms with E-state index in [9.17, 15) is 9.59 Å². The third-order valence-corrected chi connectivity index (χ3v) is 3.09. The van der Waals surface area contributed by atoms with Crippen molar-refractivity contribution in [1.82, 2.24) is 5.32 Å². The molecule has 1 aromatic carbocycles. The van der Waals surface area contributed by atoms with Crippen LogP contribution in [0.25, 0.3) is 0 Å². The molecular weight excluding hydrogens is 256 g/mol. The van der Waals surface area contributed by atoms with Gasteiger partial charge < -0.3 is 15.3 Å². The largest absolute Gasteiger partial charge is 0.480 e. The second-order valence-electron chi connectivity index (χ2n) is 4.66. The van der Waals surface area contributed by atoms with Crippen LogP contribution in [0, 0.1) is 0 Å². The molecule has 0 aliphatic heterocycles. The fourth-order valence-electron chi connectivity index (χ4n) is 1.91. The summed E-state index contributed by atoms with van der Waals surface area (Å²) in [4.78, 5) is 24.8. The fraction of sp³-hybridized carbons (Fsp3) is 0.467. The number of carboxylic acids is 1. The third kappa shape index (κ3) is 4.26. The second kappa shape index (κ2) is 7.53. The number of nitrogens with one attached hydrogen (secondary N) is 1. The lowest BCUT2D eigenvalue weighted by atomic mass is 10.1. The monoisotopic (exact) mass is 278 g/mol. The lowest BCUT2D eigenvalue weighted by molar-refractivity contribution is -0.138. The van der Waals surface area contributed by atoms with E-state index < -0.39 is 12.0 Å². The van der Waals surface area contributed by atoms with Gasteiger partial charge in [0.2, 0.25) is 0 Å². The van der Waals surface area contributed by atoms with Gasteiger partial charge >= 0.3 is 5.97 Å². The average Bonchev–Trinajstić information content (AvgIpc) is 2.44. The Morgan fingerprint density at radius 3 is 2.30 bits per heavy atom. The molecule has 0 radical (unpaired) electrons. The van der Waals surface area contributed by atoms with Crippen molar-refractivity contribution in [2.75, 3.05) is 18.0 Å². The molecule has 2 N–H and O–H groups in total. The van der Waals surface area contributed by atoms with E-state index in [0.717, 1.165) is 25.2 Å². The van der Waals surface area contributed by atoms with Gasteiger partial charge in [-0.2, -0.15) is 0 Å². The SMILES string of the molecule is CCCN(CC)c1ccc(C(=O)NC(C)C(=O)O)cc1. The standard InChI is InChI=1S/C15H22N2O3/c1-4-10-17(5-2)13-8-6-12(7-9-13)14(18)16-11(3)15(19)20/h6-9,11H,4-5,10H2,1-3H3,(H,16,18)(H,19,20). The van der Waals surface area contributed by atoms with Crippen LogP contribution in [0.2, 0.25) is 0 Å². The topological polar surface area (TPSA) is 69.6 Å². The van der Waals surface area contributed by atoms with Gasteiger partial charge in [0.05, 0.1) is 0 Å². The minimum atomic E-state index is -1.05. The Morgan fingerprint density at radius 2 is 1.85 bits per heavy atom. The molecule has 0 aliphatic carbocycles. The number of amides is 1. The van der Waals surface area contributed by atoms with Crippen molar-refractivity contribution in [3.8, 4) is 0 Å². The summed E-state index contributed by atoms with van der Waals surface area (Å²) in [5, 5.41) is 11.2. The van der Waals surface area contributed by atoms with Crippen LogP contribution in [0.5, 0.6) is 0 Å². The van der Waals surface area contributed by atoms with Gasteiger partial charge in [0.15, 0.2) is 0 Å². The second-order valence-corrected chi connectivity index (χ2v) is 4.66. The molecule has 0 fully saturated rings. The van der Waals surface area contributed by atoms with Gasteiger partial charge in [-0.15, -0.1) is 0 Å². The Hall–Kier alpha value is -2.04. The number of aliphatic carboxylic acids is 1. The van der Waals surface area contributed by atoms with E-state index in [1.54, 1.807) is 12.1 Å². The fourth-order valence-corrected chi connectivity index (χ4v) is 1.91. The van der Waals surface area contributed by atoms with Crippen molar-refractivity contribution < 1.29 is 14.7 Å². The van der Waals surface area contributed by atoms with Crippen LogP contribution in [0.15, 0.2) is 24.3 Å².